The van der Waals surface area contributed by atoms with Crippen LogP contribution in [0.2, 0.25) is 0 Å². The summed E-state index contributed by atoms with van der Waals surface area (Å²) < 4.78 is 24.9. The van der Waals surface area contributed by atoms with Gasteiger partial charge in [0.15, 0.2) is 15.7 Å². The Morgan fingerprint density at radius 3 is 2.25 bits per heavy atom. The molecule has 0 bridgehead atoms. The number of sulfone groups is 1. The first-order chi connectivity index (χ1) is 20.8. The predicted octanol–water partition coefficient (Wildman–Crippen LogP) is 5.28. The molecule has 10 heteroatoms. The van der Waals surface area contributed by atoms with E-state index in [9.17, 15) is 18.0 Å². The summed E-state index contributed by atoms with van der Waals surface area (Å²) in [6.07, 6.45) is 1.69. The van der Waals surface area contributed by atoms with Crippen molar-refractivity contribution in [3.8, 4) is 11.3 Å². The number of hydrogen-bond donors (Lipinski definition) is 2. The lowest BCUT2D eigenvalue weighted by Gasteiger charge is -2.26. The normalized spacial score (nSPS) is 15.1. The van der Waals surface area contributed by atoms with Gasteiger partial charge in [0.05, 0.1) is 17.2 Å². The maximum atomic E-state index is 13.1. The van der Waals surface area contributed by atoms with Crippen LogP contribution in [0, 0.1) is 6.92 Å². The fraction of sp³-hybridized carbons (Fsp3) is 0.324. The molecule has 1 aliphatic rings. The molecule has 4 aromatic rings. The molecule has 0 spiro atoms. The highest BCUT2D eigenvalue weighted by atomic mass is 32.2. The van der Waals surface area contributed by atoms with Crippen LogP contribution in [-0.4, -0.2) is 53.4 Å². The van der Waals surface area contributed by atoms with Crippen LogP contribution in [-0.2, 0) is 28.8 Å². The first-order valence-corrected chi connectivity index (χ1v) is 16.5. The van der Waals surface area contributed by atoms with Crippen LogP contribution in [0.1, 0.15) is 47.8 Å². The number of hydrogen-bond acceptors (Lipinski definition) is 7. The lowest BCUT2D eigenvalue weighted by molar-refractivity contribution is 0.102. The number of aromatic nitrogens is 2. The van der Waals surface area contributed by atoms with Crippen molar-refractivity contribution in [3.05, 3.63) is 106 Å². The van der Waals surface area contributed by atoms with E-state index in [-0.39, 0.29) is 34.2 Å². The smallest absolute Gasteiger partial charge is 0.293 e. The van der Waals surface area contributed by atoms with Crippen molar-refractivity contribution in [2.45, 2.75) is 39.7 Å². The van der Waals surface area contributed by atoms with Gasteiger partial charge in [-0.05, 0) is 59.4 Å². The summed E-state index contributed by atoms with van der Waals surface area (Å²) >= 11 is 0. The monoisotopic (exact) mass is 613 g/mol. The summed E-state index contributed by atoms with van der Waals surface area (Å²) in [5.74, 6) is 0.373. The van der Waals surface area contributed by atoms with Gasteiger partial charge in [-0.1, -0.05) is 57.2 Å². The zero-order valence-electron chi connectivity index (χ0n) is 25.8. The lowest BCUT2D eigenvalue weighted by Crippen LogP contribution is -2.39. The minimum absolute atomic E-state index is 0.00169. The van der Waals surface area contributed by atoms with Crippen molar-refractivity contribution in [2.75, 3.05) is 35.2 Å². The van der Waals surface area contributed by atoms with Crippen LogP contribution in [0.5, 0.6) is 0 Å². The van der Waals surface area contributed by atoms with Crippen molar-refractivity contribution >= 4 is 32.9 Å². The Morgan fingerprint density at radius 1 is 0.955 bits per heavy atom. The Kier molecular flexibility index (Phi) is 8.76. The molecule has 5 rings (SSSR count). The van der Waals surface area contributed by atoms with Crippen LogP contribution in [0.4, 0.5) is 17.2 Å². The maximum Gasteiger partial charge on any atom is 0.293 e. The molecule has 1 aromatic heterocycles. The molecule has 1 aliphatic heterocycles. The zero-order valence-corrected chi connectivity index (χ0v) is 26.7. The summed E-state index contributed by atoms with van der Waals surface area (Å²) in [6, 6.07) is 21.0. The van der Waals surface area contributed by atoms with Crippen molar-refractivity contribution in [1.29, 1.82) is 0 Å². The molecule has 2 N–H and O–H groups in total. The maximum absolute atomic E-state index is 13.1. The quantitative estimate of drug-likeness (QED) is 0.292. The Labute approximate surface area is 258 Å². The third kappa shape index (κ3) is 7.26. The van der Waals surface area contributed by atoms with Gasteiger partial charge >= 0.3 is 0 Å². The highest BCUT2D eigenvalue weighted by Crippen LogP contribution is 2.29. The summed E-state index contributed by atoms with van der Waals surface area (Å²) in [4.78, 5) is 32.9. The molecule has 0 atom stereocenters. The van der Waals surface area contributed by atoms with E-state index in [4.69, 9.17) is 0 Å². The molecule has 1 fully saturated rings. The highest BCUT2D eigenvalue weighted by Gasteiger charge is 2.21. The number of nitrogens with one attached hydrogen (secondary N) is 2. The minimum Gasteiger partial charge on any atom is -0.336 e. The largest absolute Gasteiger partial charge is 0.336 e. The molecule has 0 aliphatic carbocycles. The van der Waals surface area contributed by atoms with Crippen LogP contribution in [0.15, 0.2) is 77.7 Å². The zero-order chi connectivity index (χ0) is 31.6. The van der Waals surface area contributed by atoms with E-state index in [1.807, 2.05) is 73.7 Å². The number of rotatable bonds is 7. The van der Waals surface area contributed by atoms with Gasteiger partial charge in [0.1, 0.15) is 0 Å². The number of anilines is 3. The molecule has 1 amide bonds. The second-order valence-corrected chi connectivity index (χ2v) is 14.7. The van der Waals surface area contributed by atoms with Gasteiger partial charge in [-0.25, -0.2) is 13.4 Å². The van der Waals surface area contributed by atoms with Crippen molar-refractivity contribution in [1.82, 2.24) is 14.5 Å². The predicted molar refractivity (Wildman–Crippen MR) is 176 cm³/mol. The molecule has 9 nitrogen and oxygen atoms in total. The van der Waals surface area contributed by atoms with Gasteiger partial charge in [0.25, 0.3) is 11.5 Å². The first-order valence-electron chi connectivity index (χ1n) is 14.7. The fourth-order valence-electron chi connectivity index (χ4n) is 5.18. The Bertz CT molecular complexity index is 1830. The fourth-order valence-corrected chi connectivity index (χ4v) is 6.46. The molecule has 0 unspecified atom stereocenters. The molecule has 44 heavy (non-hydrogen) atoms. The summed E-state index contributed by atoms with van der Waals surface area (Å²) in [7, 11) is -1.23. The summed E-state index contributed by atoms with van der Waals surface area (Å²) in [5.41, 5.74) is 6.12. The van der Waals surface area contributed by atoms with Gasteiger partial charge in [-0.15, -0.1) is 0 Å². The Morgan fingerprint density at radius 2 is 1.61 bits per heavy atom. The van der Waals surface area contributed by atoms with Crippen LogP contribution >= 0.6 is 0 Å². The van der Waals surface area contributed by atoms with E-state index in [1.165, 1.54) is 4.57 Å². The van der Waals surface area contributed by atoms with Crippen LogP contribution in [0.25, 0.3) is 11.3 Å². The number of carbonyl (C=O) groups excluding carboxylic acids is 1. The topological polar surface area (TPSA) is 113 Å². The van der Waals surface area contributed by atoms with Crippen molar-refractivity contribution < 1.29 is 13.2 Å². The molecular weight excluding hydrogens is 574 g/mol. The molecular formula is C34H39N5O4S. The lowest BCUT2D eigenvalue weighted by atomic mass is 9.86. The third-order valence-corrected chi connectivity index (χ3v) is 9.61. The summed E-state index contributed by atoms with van der Waals surface area (Å²) in [5, 5.41) is 6.19. The SMILES string of the molecule is Cc1c(NC(=O)c2ccc(C(C)(C)C)cc2)cccc1-c1cn(C)c(=O)c(Nc2ccc(CN3CCS(=O)(=O)CC3)cc2)n1. The second-order valence-electron chi connectivity index (χ2n) is 12.4. The molecule has 2 heterocycles. The average molecular weight is 614 g/mol. The van der Waals surface area contributed by atoms with E-state index >= 15 is 0 Å². The number of amides is 1. The molecule has 3 aromatic carbocycles. The van der Waals surface area contributed by atoms with Gasteiger partial charge in [-0.2, -0.15) is 0 Å². The van der Waals surface area contributed by atoms with Crippen LogP contribution in [0.3, 0.4) is 0 Å². The first kappa shape index (κ1) is 31.2. The Balaban J connectivity index is 1.32. The number of nitrogens with zero attached hydrogens (tertiary/aromatic N) is 3. The van der Waals surface area contributed by atoms with Gasteiger partial charge < -0.3 is 15.2 Å². The van der Waals surface area contributed by atoms with Crippen molar-refractivity contribution in [3.63, 3.8) is 0 Å². The molecule has 230 valence electrons. The summed E-state index contributed by atoms with van der Waals surface area (Å²) in [6.45, 7) is 10.1. The standard InChI is InChI=1S/C34H39N5O4S/c1-23-28(7-6-8-29(23)37-32(40)25-11-13-26(14-12-25)34(2,3)4)30-22-38(5)33(41)31(36-30)35-27-15-9-24(10-16-27)21-39-17-19-44(42,43)20-18-39/h6-16,22H,17-21H2,1-5H3,(H,35,36)(H,37,40). The average Bonchev–Trinajstić information content (AvgIpc) is 2.98. The van der Waals surface area contributed by atoms with Crippen LogP contribution < -0.4 is 16.2 Å². The third-order valence-electron chi connectivity index (χ3n) is 8.00. The minimum atomic E-state index is -2.92. The van der Waals surface area contributed by atoms with E-state index in [0.717, 1.165) is 22.3 Å². The van der Waals surface area contributed by atoms with E-state index < -0.39 is 9.84 Å². The highest BCUT2D eigenvalue weighted by molar-refractivity contribution is 7.91. The number of carbonyl (C=O) groups is 1. The molecule has 0 saturated carbocycles. The molecule has 1 saturated heterocycles. The Hall–Kier alpha value is -4.28. The van der Waals surface area contributed by atoms with Gasteiger partial charge in [0, 0.05) is 55.4 Å². The van der Waals surface area contributed by atoms with Crippen molar-refractivity contribution in [2.24, 2.45) is 7.05 Å². The second kappa shape index (κ2) is 12.4. The van der Waals surface area contributed by atoms with E-state index in [0.29, 0.717) is 42.3 Å². The number of aryl methyl sites for hydroxylation is 1. The van der Waals surface area contributed by atoms with Gasteiger partial charge in [0.2, 0.25) is 0 Å². The van der Waals surface area contributed by atoms with E-state index in [2.05, 4.69) is 41.3 Å². The van der Waals surface area contributed by atoms with E-state index in [1.54, 1.807) is 13.2 Å². The molecule has 0 radical (unpaired) electrons. The number of benzene rings is 3. The van der Waals surface area contributed by atoms with Gasteiger partial charge in [-0.3, -0.25) is 14.5 Å².